The van der Waals surface area contributed by atoms with E-state index >= 15 is 0 Å². The smallest absolute Gasteiger partial charge is 0.231 e. The third-order valence-corrected chi connectivity index (χ3v) is 3.02. The molecule has 1 atom stereocenters. The molecule has 0 bridgehead atoms. The maximum atomic E-state index is 8.74. The lowest BCUT2D eigenvalue weighted by Gasteiger charge is -2.27. The molecule has 3 rings (SSSR count). The Labute approximate surface area is 87.1 Å². The minimum atomic E-state index is 0.254. The van der Waals surface area contributed by atoms with Gasteiger partial charge in [0.2, 0.25) is 6.79 Å². The van der Waals surface area contributed by atoms with Gasteiger partial charge in [0.25, 0.3) is 0 Å². The van der Waals surface area contributed by atoms with E-state index in [4.69, 9.17) is 14.7 Å². The van der Waals surface area contributed by atoms with E-state index in [1.807, 2.05) is 18.2 Å². The average Bonchev–Trinajstić information content (AvgIpc) is 2.64. The highest BCUT2D eigenvalue weighted by Crippen LogP contribution is 2.39. The standard InChI is InChI=1S/C11H11NO3/c13-12-9-3-2-8(9)7-1-4-10-11(5-7)15-6-14-10/h1,4-5,8,13H,2-3,6H2/b12-9+. The molecule has 78 valence electrons. The molecule has 15 heavy (non-hydrogen) atoms. The van der Waals surface area contributed by atoms with E-state index in [2.05, 4.69) is 5.16 Å². The Hall–Kier alpha value is -1.71. The van der Waals surface area contributed by atoms with Gasteiger partial charge in [-0.1, -0.05) is 11.2 Å². The van der Waals surface area contributed by atoms with Crippen LogP contribution in [0, 0.1) is 0 Å². The lowest BCUT2D eigenvalue weighted by atomic mass is 9.78. The summed E-state index contributed by atoms with van der Waals surface area (Å²) in [6, 6.07) is 5.88. The summed E-state index contributed by atoms with van der Waals surface area (Å²) in [7, 11) is 0. The van der Waals surface area contributed by atoms with Gasteiger partial charge in [0.1, 0.15) is 0 Å². The van der Waals surface area contributed by atoms with Crippen LogP contribution in [0.5, 0.6) is 11.5 Å². The third kappa shape index (κ3) is 1.25. The summed E-state index contributed by atoms with van der Waals surface area (Å²) >= 11 is 0. The predicted molar refractivity (Wildman–Crippen MR) is 53.8 cm³/mol. The number of rotatable bonds is 1. The van der Waals surface area contributed by atoms with Gasteiger partial charge in [-0.15, -0.1) is 0 Å². The first-order chi connectivity index (χ1) is 7.38. The number of fused-ring (bicyclic) bond motifs is 1. The summed E-state index contributed by atoms with van der Waals surface area (Å²) in [5, 5.41) is 12.0. The second kappa shape index (κ2) is 3.15. The predicted octanol–water partition coefficient (Wildman–Crippen LogP) is 2.12. The quantitative estimate of drug-likeness (QED) is 0.564. The highest BCUT2D eigenvalue weighted by molar-refractivity contribution is 5.95. The van der Waals surface area contributed by atoms with Crippen LogP contribution < -0.4 is 9.47 Å². The van der Waals surface area contributed by atoms with Crippen LogP contribution in [-0.4, -0.2) is 17.7 Å². The van der Waals surface area contributed by atoms with E-state index in [0.717, 1.165) is 35.6 Å². The average molecular weight is 205 g/mol. The fraction of sp³-hybridized carbons (Fsp3) is 0.364. The van der Waals surface area contributed by atoms with Crippen molar-refractivity contribution in [3.8, 4) is 11.5 Å². The molecule has 4 nitrogen and oxygen atoms in total. The highest BCUT2D eigenvalue weighted by atomic mass is 16.7. The van der Waals surface area contributed by atoms with Gasteiger partial charge in [-0.3, -0.25) is 0 Å². The molecule has 2 aliphatic rings. The SMILES string of the molecule is O/N=C1\CCC1c1ccc2c(c1)OCO2. The van der Waals surface area contributed by atoms with Gasteiger partial charge in [-0.05, 0) is 30.5 Å². The van der Waals surface area contributed by atoms with Gasteiger partial charge >= 0.3 is 0 Å². The molecule has 0 aromatic heterocycles. The number of ether oxygens (including phenoxy) is 2. The summed E-state index contributed by atoms with van der Waals surface area (Å²) in [4.78, 5) is 0. The van der Waals surface area contributed by atoms with E-state index in [0.29, 0.717) is 6.79 Å². The van der Waals surface area contributed by atoms with Crippen LogP contribution >= 0.6 is 0 Å². The van der Waals surface area contributed by atoms with Gasteiger partial charge < -0.3 is 14.7 Å². The van der Waals surface area contributed by atoms with Gasteiger partial charge in [0, 0.05) is 5.92 Å². The number of hydrogen-bond acceptors (Lipinski definition) is 4. The van der Waals surface area contributed by atoms with Crippen molar-refractivity contribution >= 4 is 5.71 Å². The zero-order valence-corrected chi connectivity index (χ0v) is 8.14. The van der Waals surface area contributed by atoms with Crippen molar-refractivity contribution in [3.63, 3.8) is 0 Å². The van der Waals surface area contributed by atoms with Crippen molar-refractivity contribution in [3.05, 3.63) is 23.8 Å². The van der Waals surface area contributed by atoms with E-state index in [1.54, 1.807) is 0 Å². The first kappa shape index (κ1) is 8.59. The molecule has 0 saturated heterocycles. The van der Waals surface area contributed by atoms with Crippen LogP contribution in [0.1, 0.15) is 24.3 Å². The maximum Gasteiger partial charge on any atom is 0.231 e. The van der Waals surface area contributed by atoms with Crippen LogP contribution in [0.25, 0.3) is 0 Å². The van der Waals surface area contributed by atoms with Gasteiger partial charge in [0.05, 0.1) is 5.71 Å². The van der Waals surface area contributed by atoms with Crippen LogP contribution in [0.2, 0.25) is 0 Å². The molecule has 1 unspecified atom stereocenters. The zero-order valence-electron chi connectivity index (χ0n) is 8.14. The molecule has 1 aromatic rings. The first-order valence-corrected chi connectivity index (χ1v) is 4.99. The number of oxime groups is 1. The van der Waals surface area contributed by atoms with Gasteiger partial charge in [-0.2, -0.15) is 0 Å². The summed E-state index contributed by atoms with van der Waals surface area (Å²) in [5.41, 5.74) is 1.99. The fourth-order valence-corrected chi connectivity index (χ4v) is 2.03. The van der Waals surface area contributed by atoms with Crippen LogP contribution in [0.4, 0.5) is 0 Å². The minimum absolute atomic E-state index is 0.254. The summed E-state index contributed by atoms with van der Waals surface area (Å²) in [6.45, 7) is 0.296. The molecular formula is C11H11NO3. The highest BCUT2D eigenvalue weighted by Gasteiger charge is 2.29. The fourth-order valence-electron chi connectivity index (χ4n) is 2.03. The lowest BCUT2D eigenvalue weighted by Crippen LogP contribution is -2.23. The second-order valence-electron chi connectivity index (χ2n) is 3.80. The largest absolute Gasteiger partial charge is 0.454 e. The van der Waals surface area contributed by atoms with Crippen molar-refractivity contribution < 1.29 is 14.7 Å². The number of nitrogens with zero attached hydrogens (tertiary/aromatic N) is 1. The summed E-state index contributed by atoms with van der Waals surface area (Å²) in [5.74, 6) is 1.83. The minimum Gasteiger partial charge on any atom is -0.454 e. The van der Waals surface area contributed by atoms with Crippen LogP contribution in [0.3, 0.4) is 0 Å². The Balaban J connectivity index is 1.93. The second-order valence-corrected chi connectivity index (χ2v) is 3.80. The monoisotopic (exact) mass is 205 g/mol. The van der Waals surface area contributed by atoms with E-state index in [1.165, 1.54) is 0 Å². The first-order valence-electron chi connectivity index (χ1n) is 4.99. The van der Waals surface area contributed by atoms with Crippen molar-refractivity contribution in [1.29, 1.82) is 0 Å². The topological polar surface area (TPSA) is 51.1 Å². The summed E-state index contributed by atoms with van der Waals surface area (Å²) < 4.78 is 10.5. The molecule has 4 heteroatoms. The van der Waals surface area contributed by atoms with Crippen molar-refractivity contribution in [2.75, 3.05) is 6.79 Å². The molecule has 1 aromatic carbocycles. The van der Waals surface area contributed by atoms with E-state index in [9.17, 15) is 0 Å². The van der Waals surface area contributed by atoms with Crippen molar-refractivity contribution in [2.45, 2.75) is 18.8 Å². The Morgan fingerprint density at radius 3 is 2.87 bits per heavy atom. The lowest BCUT2D eigenvalue weighted by molar-refractivity contribution is 0.174. The molecule has 1 N–H and O–H groups in total. The normalized spacial score (nSPS) is 25.3. The Kier molecular flexibility index (Phi) is 1.80. The third-order valence-electron chi connectivity index (χ3n) is 3.02. The van der Waals surface area contributed by atoms with Crippen LogP contribution in [-0.2, 0) is 0 Å². The summed E-state index contributed by atoms with van der Waals surface area (Å²) in [6.07, 6.45) is 1.93. The number of hydrogen-bond donors (Lipinski definition) is 1. The molecular weight excluding hydrogens is 194 g/mol. The molecule has 1 aliphatic heterocycles. The van der Waals surface area contributed by atoms with Gasteiger partial charge in [0.15, 0.2) is 11.5 Å². The Morgan fingerprint density at radius 1 is 1.27 bits per heavy atom. The van der Waals surface area contributed by atoms with Gasteiger partial charge in [-0.25, -0.2) is 0 Å². The maximum absolute atomic E-state index is 8.74. The van der Waals surface area contributed by atoms with Crippen molar-refractivity contribution in [2.24, 2.45) is 5.16 Å². The zero-order chi connectivity index (χ0) is 10.3. The Morgan fingerprint density at radius 2 is 2.13 bits per heavy atom. The Bertz CT molecular complexity index is 428. The molecule has 0 radical (unpaired) electrons. The van der Waals surface area contributed by atoms with Crippen LogP contribution in [0.15, 0.2) is 23.4 Å². The number of benzene rings is 1. The molecule has 1 saturated carbocycles. The van der Waals surface area contributed by atoms with Crippen molar-refractivity contribution in [1.82, 2.24) is 0 Å². The molecule has 0 amide bonds. The van der Waals surface area contributed by atoms with E-state index in [-0.39, 0.29) is 5.92 Å². The molecule has 1 aliphatic carbocycles. The molecule has 1 heterocycles. The molecule has 1 fully saturated rings. The molecule has 0 spiro atoms. The van der Waals surface area contributed by atoms with E-state index < -0.39 is 0 Å².